The van der Waals surface area contributed by atoms with E-state index in [1.807, 2.05) is 20.8 Å². The van der Waals surface area contributed by atoms with Crippen LogP contribution in [0.2, 0.25) is 0 Å². The lowest BCUT2D eigenvalue weighted by Crippen LogP contribution is -2.42. The van der Waals surface area contributed by atoms with E-state index in [1.165, 1.54) is 6.33 Å². The van der Waals surface area contributed by atoms with E-state index in [1.54, 1.807) is 22.9 Å². The summed E-state index contributed by atoms with van der Waals surface area (Å²) in [5.74, 6) is 0.548. The lowest BCUT2D eigenvalue weighted by atomic mass is 10.1. The molecule has 0 bridgehead atoms. The molecule has 7 heteroatoms. The molecule has 0 saturated heterocycles. The van der Waals surface area contributed by atoms with Crippen molar-refractivity contribution in [3.8, 4) is 0 Å². The Hall–Kier alpha value is -2.25. The Bertz CT molecular complexity index is 739. The Morgan fingerprint density at radius 3 is 2.90 bits per heavy atom. The molecule has 3 N–H and O–H groups in total. The third kappa shape index (κ3) is 2.20. The largest absolute Gasteiger partial charge is 0.373 e. The van der Waals surface area contributed by atoms with Crippen molar-refractivity contribution < 1.29 is 5.11 Å². The van der Waals surface area contributed by atoms with E-state index < -0.39 is 11.9 Å². The van der Waals surface area contributed by atoms with Crippen LogP contribution >= 0.6 is 0 Å². The summed E-state index contributed by atoms with van der Waals surface area (Å²) in [6.45, 7) is 5.56. The molecule has 2 aromatic rings. The Morgan fingerprint density at radius 2 is 2.24 bits per heavy atom. The van der Waals surface area contributed by atoms with E-state index in [0.717, 1.165) is 5.56 Å². The molecule has 1 unspecified atom stereocenters. The molecule has 0 fully saturated rings. The Balaban J connectivity index is 2.14. The average Bonchev–Trinajstić information content (AvgIpc) is 2.67. The molecule has 0 saturated carbocycles. The Morgan fingerprint density at radius 1 is 1.48 bits per heavy atom. The zero-order chi connectivity index (χ0) is 15.2. The first kappa shape index (κ1) is 13.7. The molecule has 7 nitrogen and oxygen atoms in total. The highest BCUT2D eigenvalue weighted by Gasteiger charge is 2.37. The number of aliphatic hydroxyl groups is 1. The molecule has 0 aromatic carbocycles. The van der Waals surface area contributed by atoms with Crippen LogP contribution < -0.4 is 16.2 Å². The number of nitrogens with one attached hydrogen (secondary N) is 2. The second kappa shape index (κ2) is 4.64. The molecule has 3 rings (SSSR count). The first-order chi connectivity index (χ1) is 9.90. The summed E-state index contributed by atoms with van der Waals surface area (Å²) in [6, 6.07) is 3.41. The highest BCUT2D eigenvalue weighted by molar-refractivity contribution is 5.56. The van der Waals surface area contributed by atoms with Gasteiger partial charge in [0.05, 0.1) is 11.4 Å². The summed E-state index contributed by atoms with van der Waals surface area (Å²) in [7, 11) is 0. The molecule has 1 aliphatic rings. The van der Waals surface area contributed by atoms with Gasteiger partial charge in [0.25, 0.3) is 5.56 Å². The molecule has 0 radical (unpaired) electrons. The van der Waals surface area contributed by atoms with E-state index in [0.29, 0.717) is 17.2 Å². The predicted octanol–water partition coefficient (Wildman–Crippen LogP) is 0.977. The van der Waals surface area contributed by atoms with E-state index >= 15 is 0 Å². The third-order valence-electron chi connectivity index (χ3n) is 3.59. The summed E-state index contributed by atoms with van der Waals surface area (Å²) in [5, 5.41) is 16.1. The van der Waals surface area contributed by atoms with Gasteiger partial charge in [-0.25, -0.2) is 9.97 Å². The number of aromatic nitrogens is 3. The van der Waals surface area contributed by atoms with Gasteiger partial charge < -0.3 is 10.4 Å². The van der Waals surface area contributed by atoms with Crippen molar-refractivity contribution >= 4 is 11.5 Å². The van der Waals surface area contributed by atoms with Gasteiger partial charge in [-0.1, -0.05) is 0 Å². The van der Waals surface area contributed by atoms with Gasteiger partial charge in [0.1, 0.15) is 24.1 Å². The second-order valence-corrected chi connectivity index (χ2v) is 5.59. The Kier molecular flexibility index (Phi) is 3.03. The third-order valence-corrected chi connectivity index (χ3v) is 3.59. The van der Waals surface area contributed by atoms with Gasteiger partial charge in [0.15, 0.2) is 0 Å². The molecule has 1 atom stereocenters. The summed E-state index contributed by atoms with van der Waals surface area (Å²) in [5.41, 5.74) is 0.983. The van der Waals surface area contributed by atoms with Gasteiger partial charge >= 0.3 is 0 Å². The summed E-state index contributed by atoms with van der Waals surface area (Å²) in [6.07, 6.45) is 2.17. The number of nitrogens with zero attached hydrogens (tertiary/aromatic N) is 3. The standard InChI is InChI=1S/C14H17N5O2/c1-8-6-9(17-10-4-5-15-7-16-10)13(21)19-11(8)12(20)18-14(19,2)3/h4-7,12,18,20H,1-3H3,(H,15,16,17). The zero-order valence-corrected chi connectivity index (χ0v) is 12.1. The molecule has 0 aliphatic carbocycles. The van der Waals surface area contributed by atoms with Crippen molar-refractivity contribution in [2.45, 2.75) is 32.7 Å². The minimum atomic E-state index is -0.846. The number of fused-ring (bicyclic) bond motifs is 1. The molecule has 1 aliphatic heterocycles. The monoisotopic (exact) mass is 287 g/mol. The highest BCUT2D eigenvalue weighted by atomic mass is 16.3. The van der Waals surface area contributed by atoms with Crippen LogP contribution in [0.15, 0.2) is 29.5 Å². The lowest BCUT2D eigenvalue weighted by molar-refractivity contribution is 0.118. The molecule has 0 amide bonds. The maximum atomic E-state index is 12.7. The van der Waals surface area contributed by atoms with Crippen LogP contribution in [-0.2, 0) is 5.66 Å². The normalized spacial score (nSPS) is 19.3. The van der Waals surface area contributed by atoms with Crippen molar-refractivity contribution in [2.24, 2.45) is 0 Å². The first-order valence-electron chi connectivity index (χ1n) is 6.66. The van der Waals surface area contributed by atoms with Gasteiger partial charge in [0.2, 0.25) is 0 Å². The van der Waals surface area contributed by atoms with Crippen LogP contribution in [0.5, 0.6) is 0 Å². The number of aryl methyl sites for hydroxylation is 1. The van der Waals surface area contributed by atoms with Gasteiger partial charge in [-0.3, -0.25) is 14.7 Å². The van der Waals surface area contributed by atoms with Crippen molar-refractivity contribution in [1.82, 2.24) is 19.9 Å². The first-order valence-corrected chi connectivity index (χ1v) is 6.66. The molecular weight excluding hydrogens is 270 g/mol. The number of hydrogen-bond acceptors (Lipinski definition) is 6. The number of rotatable bonds is 2. The van der Waals surface area contributed by atoms with E-state index in [9.17, 15) is 9.90 Å². The minimum Gasteiger partial charge on any atom is -0.373 e. The van der Waals surface area contributed by atoms with Gasteiger partial charge in [0, 0.05) is 6.20 Å². The number of aliphatic hydroxyl groups excluding tert-OH is 1. The Labute approximate surface area is 121 Å². The fourth-order valence-electron chi connectivity index (χ4n) is 2.71. The van der Waals surface area contributed by atoms with Crippen molar-refractivity contribution in [2.75, 3.05) is 5.32 Å². The molecule has 21 heavy (non-hydrogen) atoms. The van der Waals surface area contributed by atoms with E-state index in [-0.39, 0.29) is 5.56 Å². The van der Waals surface area contributed by atoms with Crippen LogP contribution in [0.1, 0.15) is 31.3 Å². The smallest absolute Gasteiger partial charge is 0.276 e. The average molecular weight is 287 g/mol. The maximum absolute atomic E-state index is 12.7. The number of anilines is 2. The van der Waals surface area contributed by atoms with Crippen LogP contribution in [0.3, 0.4) is 0 Å². The van der Waals surface area contributed by atoms with E-state index in [2.05, 4.69) is 20.6 Å². The molecule has 0 spiro atoms. The highest BCUT2D eigenvalue weighted by Crippen LogP contribution is 2.30. The summed E-state index contributed by atoms with van der Waals surface area (Å²) in [4.78, 5) is 20.6. The quantitative estimate of drug-likeness (QED) is 0.762. The van der Waals surface area contributed by atoms with Crippen LogP contribution in [0.4, 0.5) is 11.5 Å². The molecule has 2 aromatic heterocycles. The molecular formula is C14H17N5O2. The van der Waals surface area contributed by atoms with Gasteiger partial charge in [-0.15, -0.1) is 0 Å². The van der Waals surface area contributed by atoms with Crippen LogP contribution in [-0.4, -0.2) is 19.6 Å². The molecule has 110 valence electrons. The fraction of sp³-hybridized carbons (Fsp3) is 0.357. The number of pyridine rings is 1. The lowest BCUT2D eigenvalue weighted by Gasteiger charge is -2.23. The maximum Gasteiger partial charge on any atom is 0.276 e. The van der Waals surface area contributed by atoms with E-state index in [4.69, 9.17) is 0 Å². The zero-order valence-electron chi connectivity index (χ0n) is 12.1. The van der Waals surface area contributed by atoms with Crippen LogP contribution in [0.25, 0.3) is 0 Å². The topological polar surface area (TPSA) is 92.1 Å². The van der Waals surface area contributed by atoms with Crippen molar-refractivity contribution in [3.63, 3.8) is 0 Å². The second-order valence-electron chi connectivity index (χ2n) is 5.59. The van der Waals surface area contributed by atoms with Gasteiger partial charge in [-0.2, -0.15) is 0 Å². The van der Waals surface area contributed by atoms with Crippen molar-refractivity contribution in [1.29, 1.82) is 0 Å². The number of hydrogen-bond donors (Lipinski definition) is 3. The van der Waals surface area contributed by atoms with Gasteiger partial charge in [-0.05, 0) is 38.5 Å². The minimum absolute atomic E-state index is 0.205. The summed E-state index contributed by atoms with van der Waals surface area (Å²) < 4.78 is 1.58. The van der Waals surface area contributed by atoms with Crippen LogP contribution in [0, 0.1) is 6.92 Å². The fourth-order valence-corrected chi connectivity index (χ4v) is 2.71. The SMILES string of the molecule is Cc1cc(Nc2ccncn2)c(=O)n2c1C(O)NC2(C)C. The summed E-state index contributed by atoms with van der Waals surface area (Å²) >= 11 is 0. The predicted molar refractivity (Wildman–Crippen MR) is 78.2 cm³/mol. The van der Waals surface area contributed by atoms with Crippen molar-refractivity contribution in [3.05, 3.63) is 46.3 Å². The molecule has 3 heterocycles.